The van der Waals surface area contributed by atoms with Crippen LogP contribution in [0.1, 0.15) is 31.1 Å². The third kappa shape index (κ3) is 3.38. The van der Waals surface area contributed by atoms with E-state index in [1.807, 2.05) is 0 Å². The Bertz CT molecular complexity index is 376. The molecule has 0 atom stereocenters. The Morgan fingerprint density at radius 1 is 1.00 bits per heavy atom. The van der Waals surface area contributed by atoms with Crippen molar-refractivity contribution >= 4 is 11.9 Å². The molecule has 0 aliphatic rings. The van der Waals surface area contributed by atoms with Gasteiger partial charge < -0.3 is 0 Å². The van der Waals surface area contributed by atoms with Gasteiger partial charge in [-0.3, -0.25) is 0 Å². The molecule has 4 nitrogen and oxygen atoms in total. The van der Waals surface area contributed by atoms with E-state index in [1.165, 1.54) is 0 Å². The van der Waals surface area contributed by atoms with E-state index in [2.05, 4.69) is 9.78 Å². The molecular weight excluding hydrogens is 208 g/mol. The van der Waals surface area contributed by atoms with E-state index in [4.69, 9.17) is 0 Å². The van der Waals surface area contributed by atoms with Crippen LogP contribution < -0.4 is 0 Å². The van der Waals surface area contributed by atoms with Crippen molar-refractivity contribution in [2.75, 3.05) is 0 Å². The van der Waals surface area contributed by atoms with Gasteiger partial charge in [-0.2, -0.15) is 0 Å². The van der Waals surface area contributed by atoms with Crippen LogP contribution in [0.15, 0.2) is 30.3 Å². The minimum Gasteiger partial charge on any atom is -0.247 e. The van der Waals surface area contributed by atoms with Crippen LogP contribution in [0, 0.1) is 5.41 Å². The zero-order chi connectivity index (χ0) is 12.2. The van der Waals surface area contributed by atoms with Crippen molar-refractivity contribution in [3.05, 3.63) is 35.9 Å². The fraction of sp³-hybridized carbons (Fsp3) is 0.333. The predicted molar refractivity (Wildman–Crippen MR) is 57.4 cm³/mol. The molecule has 0 aromatic heterocycles. The molecule has 1 aromatic carbocycles. The Labute approximate surface area is 94.1 Å². The molecule has 0 unspecified atom stereocenters. The Kier molecular flexibility index (Phi) is 3.66. The van der Waals surface area contributed by atoms with Crippen LogP contribution in [-0.4, -0.2) is 11.9 Å². The highest BCUT2D eigenvalue weighted by atomic mass is 17.2. The van der Waals surface area contributed by atoms with Crippen LogP contribution in [0.5, 0.6) is 0 Å². The molecule has 0 N–H and O–H groups in total. The summed E-state index contributed by atoms with van der Waals surface area (Å²) in [5, 5.41) is 0. The quantitative estimate of drug-likeness (QED) is 0.540. The number of hydrogen-bond donors (Lipinski definition) is 0. The molecule has 0 bridgehead atoms. The molecule has 86 valence electrons. The third-order valence-corrected chi connectivity index (χ3v) is 1.81. The Balaban J connectivity index is 2.52. The van der Waals surface area contributed by atoms with Crippen LogP contribution in [0.4, 0.5) is 0 Å². The van der Waals surface area contributed by atoms with Gasteiger partial charge in [0.15, 0.2) is 0 Å². The highest BCUT2D eigenvalue weighted by Gasteiger charge is 2.25. The molecule has 0 saturated carbocycles. The molecule has 1 rings (SSSR count). The minimum absolute atomic E-state index is 0.337. The molecule has 0 radical (unpaired) electrons. The highest BCUT2D eigenvalue weighted by molar-refractivity contribution is 5.89. The SMILES string of the molecule is CC(C)(C)C(=O)OOC(=O)c1ccccc1. The van der Waals surface area contributed by atoms with Crippen molar-refractivity contribution in [1.29, 1.82) is 0 Å². The molecule has 0 spiro atoms. The van der Waals surface area contributed by atoms with Gasteiger partial charge in [-0.1, -0.05) is 18.2 Å². The molecule has 0 saturated heterocycles. The third-order valence-electron chi connectivity index (χ3n) is 1.81. The van der Waals surface area contributed by atoms with Gasteiger partial charge in [0.1, 0.15) is 0 Å². The maximum absolute atomic E-state index is 11.4. The first kappa shape index (κ1) is 12.2. The van der Waals surface area contributed by atoms with E-state index in [0.717, 1.165) is 0 Å². The molecule has 16 heavy (non-hydrogen) atoms. The number of benzene rings is 1. The summed E-state index contributed by atoms with van der Waals surface area (Å²) in [6.07, 6.45) is 0. The molecule has 0 fully saturated rings. The second kappa shape index (κ2) is 4.79. The molecule has 0 amide bonds. The molecular formula is C12H14O4. The van der Waals surface area contributed by atoms with E-state index in [0.29, 0.717) is 5.56 Å². The number of carbonyl (C=O) groups is 2. The smallest absolute Gasteiger partial charge is 0.247 e. The molecule has 1 aromatic rings. The van der Waals surface area contributed by atoms with Gasteiger partial charge in [-0.15, -0.1) is 0 Å². The maximum atomic E-state index is 11.4. The van der Waals surface area contributed by atoms with Gasteiger partial charge in [0.2, 0.25) is 0 Å². The van der Waals surface area contributed by atoms with Crippen molar-refractivity contribution in [1.82, 2.24) is 0 Å². The van der Waals surface area contributed by atoms with Crippen molar-refractivity contribution < 1.29 is 19.4 Å². The Morgan fingerprint density at radius 2 is 1.56 bits per heavy atom. The first-order valence-corrected chi connectivity index (χ1v) is 4.89. The summed E-state index contributed by atoms with van der Waals surface area (Å²) in [6.45, 7) is 5.02. The first-order valence-electron chi connectivity index (χ1n) is 4.89. The van der Waals surface area contributed by atoms with Gasteiger partial charge in [-0.05, 0) is 32.9 Å². The van der Waals surface area contributed by atoms with Crippen LogP contribution >= 0.6 is 0 Å². The van der Waals surface area contributed by atoms with Crippen molar-refractivity contribution in [3.63, 3.8) is 0 Å². The summed E-state index contributed by atoms with van der Waals surface area (Å²) in [4.78, 5) is 31.5. The lowest BCUT2D eigenvalue weighted by molar-refractivity contribution is -0.242. The van der Waals surface area contributed by atoms with Crippen LogP contribution in [0.25, 0.3) is 0 Å². The van der Waals surface area contributed by atoms with Crippen LogP contribution in [-0.2, 0) is 14.6 Å². The zero-order valence-corrected chi connectivity index (χ0v) is 9.52. The standard InChI is InChI=1S/C12H14O4/c1-12(2,3)11(14)16-15-10(13)9-7-5-4-6-8-9/h4-8H,1-3H3. The van der Waals surface area contributed by atoms with Crippen molar-refractivity contribution in [2.45, 2.75) is 20.8 Å². The van der Waals surface area contributed by atoms with Crippen LogP contribution in [0.2, 0.25) is 0 Å². The van der Waals surface area contributed by atoms with Crippen LogP contribution in [0.3, 0.4) is 0 Å². The largest absolute Gasteiger partial charge is 0.386 e. The van der Waals surface area contributed by atoms with Crippen molar-refractivity contribution in [3.8, 4) is 0 Å². The normalized spacial score (nSPS) is 10.7. The van der Waals surface area contributed by atoms with Gasteiger partial charge in [0.25, 0.3) is 0 Å². The van der Waals surface area contributed by atoms with Gasteiger partial charge in [0, 0.05) is 0 Å². The van der Waals surface area contributed by atoms with E-state index >= 15 is 0 Å². The molecule has 0 aliphatic carbocycles. The fourth-order valence-corrected chi connectivity index (χ4v) is 0.823. The molecule has 0 aliphatic heterocycles. The lowest BCUT2D eigenvalue weighted by atomic mass is 9.98. The minimum atomic E-state index is -0.697. The summed E-state index contributed by atoms with van der Waals surface area (Å²) in [5.74, 6) is -1.27. The Hall–Kier alpha value is -1.84. The average Bonchev–Trinajstić information content (AvgIpc) is 2.25. The second-order valence-corrected chi connectivity index (χ2v) is 4.36. The number of carbonyl (C=O) groups excluding carboxylic acids is 2. The van der Waals surface area contributed by atoms with E-state index in [9.17, 15) is 9.59 Å². The zero-order valence-electron chi connectivity index (χ0n) is 9.52. The topological polar surface area (TPSA) is 52.6 Å². The van der Waals surface area contributed by atoms with Crippen molar-refractivity contribution in [2.24, 2.45) is 5.41 Å². The summed E-state index contributed by atoms with van der Waals surface area (Å²) >= 11 is 0. The van der Waals surface area contributed by atoms with E-state index < -0.39 is 17.4 Å². The molecule has 0 heterocycles. The highest BCUT2D eigenvalue weighted by Crippen LogP contribution is 2.15. The average molecular weight is 222 g/mol. The summed E-state index contributed by atoms with van der Waals surface area (Å²) in [6, 6.07) is 8.32. The van der Waals surface area contributed by atoms with E-state index in [1.54, 1.807) is 51.1 Å². The second-order valence-electron chi connectivity index (χ2n) is 4.36. The van der Waals surface area contributed by atoms with Gasteiger partial charge >= 0.3 is 11.9 Å². The first-order chi connectivity index (χ1) is 7.41. The lowest BCUT2D eigenvalue weighted by Crippen LogP contribution is -2.24. The van der Waals surface area contributed by atoms with E-state index in [-0.39, 0.29) is 0 Å². The van der Waals surface area contributed by atoms with Gasteiger partial charge in [-0.25, -0.2) is 19.4 Å². The molecule has 4 heteroatoms. The lowest BCUT2D eigenvalue weighted by Gasteiger charge is -2.14. The number of rotatable bonds is 1. The van der Waals surface area contributed by atoms with Gasteiger partial charge in [0.05, 0.1) is 11.0 Å². The monoisotopic (exact) mass is 222 g/mol. The Morgan fingerprint density at radius 3 is 2.06 bits per heavy atom. The predicted octanol–water partition coefficient (Wildman–Crippen LogP) is 2.35. The fourth-order valence-electron chi connectivity index (χ4n) is 0.823. The summed E-state index contributed by atoms with van der Waals surface area (Å²) in [7, 11) is 0. The number of hydrogen-bond acceptors (Lipinski definition) is 4. The maximum Gasteiger partial charge on any atom is 0.386 e. The summed E-state index contributed by atoms with van der Waals surface area (Å²) < 4.78 is 0. The summed E-state index contributed by atoms with van der Waals surface area (Å²) in [5.41, 5.74) is -0.360.